The lowest BCUT2D eigenvalue weighted by Gasteiger charge is -2.09. The molecule has 1 heteroatoms. The Kier molecular flexibility index (Phi) is 3.88. The quantitative estimate of drug-likeness (QED) is 0.538. The highest BCUT2D eigenvalue weighted by Gasteiger charge is 2.03. The number of rotatable bonds is 2. The van der Waals surface area contributed by atoms with E-state index in [-0.39, 0.29) is 0 Å². The predicted molar refractivity (Wildman–Crippen MR) is 77.3 cm³/mol. The summed E-state index contributed by atoms with van der Waals surface area (Å²) in [6.07, 6.45) is 5.55. The molecule has 1 rings (SSSR count). The summed E-state index contributed by atoms with van der Waals surface area (Å²) >= 11 is 0. The molecular weight excluding hydrogens is 212 g/mol. The van der Waals surface area contributed by atoms with Gasteiger partial charge in [-0.25, -0.2) is 0 Å². The summed E-state index contributed by atoms with van der Waals surface area (Å²) in [5.41, 5.74) is 3.71. The van der Waals surface area contributed by atoms with Gasteiger partial charge in [0.25, 0.3) is 0 Å². The van der Waals surface area contributed by atoms with Crippen LogP contribution in [0.15, 0.2) is 31.4 Å². The van der Waals surface area contributed by atoms with E-state index in [0.717, 1.165) is 5.75 Å². The zero-order valence-electron chi connectivity index (χ0n) is 9.84. The van der Waals surface area contributed by atoms with Gasteiger partial charge in [0.15, 0.2) is 0 Å². The minimum atomic E-state index is -1.60. The SMILES string of the molecule is C#CS(=C=C)(=C=C)Cc1cc(C)ccc1C. The van der Waals surface area contributed by atoms with Gasteiger partial charge in [0, 0.05) is 5.75 Å². The first kappa shape index (κ1) is 12.5. The molecule has 16 heavy (non-hydrogen) atoms. The first-order valence-electron chi connectivity index (χ1n) is 4.99. The van der Waals surface area contributed by atoms with Crippen molar-refractivity contribution >= 4 is 19.3 Å². The molecule has 0 bridgehead atoms. The Morgan fingerprint density at radius 3 is 2.38 bits per heavy atom. The molecule has 82 valence electrons. The molecule has 0 atom stereocenters. The Balaban J connectivity index is 3.37. The highest BCUT2D eigenvalue weighted by molar-refractivity contribution is 8.31. The lowest BCUT2D eigenvalue weighted by atomic mass is 10.1. The molecule has 0 saturated heterocycles. The maximum atomic E-state index is 5.55. The van der Waals surface area contributed by atoms with Crippen molar-refractivity contribution in [3.05, 3.63) is 48.0 Å². The molecule has 0 aliphatic rings. The molecule has 0 unspecified atom stereocenters. The summed E-state index contributed by atoms with van der Waals surface area (Å²) in [7, 11) is -1.60. The van der Waals surface area contributed by atoms with Crippen LogP contribution in [0.1, 0.15) is 16.7 Å². The molecule has 0 fully saturated rings. The van der Waals surface area contributed by atoms with Gasteiger partial charge in [0.1, 0.15) is 0 Å². The topological polar surface area (TPSA) is 0 Å². The lowest BCUT2D eigenvalue weighted by molar-refractivity contribution is 1.28. The highest BCUT2D eigenvalue weighted by Crippen LogP contribution is 2.27. The Bertz CT molecular complexity index is 587. The smallest absolute Gasteiger partial charge is 0.0332 e. The van der Waals surface area contributed by atoms with E-state index in [1.807, 2.05) is 0 Å². The fraction of sp³-hybridized carbons (Fsp3) is 0.200. The van der Waals surface area contributed by atoms with E-state index in [4.69, 9.17) is 6.42 Å². The Labute approximate surface area is 98.8 Å². The van der Waals surface area contributed by atoms with Crippen molar-refractivity contribution in [3.63, 3.8) is 0 Å². The Hall–Kier alpha value is -1.57. The van der Waals surface area contributed by atoms with Gasteiger partial charge in [-0.2, -0.15) is 0 Å². The molecule has 0 heterocycles. The summed E-state index contributed by atoms with van der Waals surface area (Å²) in [6.45, 7) is 11.5. The van der Waals surface area contributed by atoms with Gasteiger partial charge < -0.3 is 0 Å². The average Bonchev–Trinajstić information content (AvgIpc) is 2.31. The zero-order valence-corrected chi connectivity index (χ0v) is 10.7. The van der Waals surface area contributed by atoms with Crippen LogP contribution in [0.3, 0.4) is 0 Å². The van der Waals surface area contributed by atoms with Gasteiger partial charge in [-0.1, -0.05) is 43.0 Å². The maximum Gasteiger partial charge on any atom is 0.0332 e. The highest BCUT2D eigenvalue weighted by atomic mass is 32.2. The van der Waals surface area contributed by atoms with E-state index in [0.29, 0.717) is 0 Å². The molecule has 0 spiro atoms. The van der Waals surface area contributed by atoms with Gasteiger partial charge in [0.2, 0.25) is 0 Å². The van der Waals surface area contributed by atoms with E-state index in [1.54, 1.807) is 0 Å². The number of aryl methyl sites for hydroxylation is 2. The summed E-state index contributed by atoms with van der Waals surface area (Å²) in [6, 6.07) is 6.36. The third-order valence-corrected chi connectivity index (χ3v) is 4.70. The molecule has 1 aromatic rings. The molecule has 0 amide bonds. The minimum Gasteiger partial charge on any atom is -0.108 e. The first-order chi connectivity index (χ1) is 7.56. The standard InChI is InChI=1S/C15H16S/c1-6-16(7-2,8-3)12-15-11-13(4)9-10-14(15)5/h1,9-11H,2-3,12H2,4-5H3. The molecule has 0 aromatic heterocycles. The summed E-state index contributed by atoms with van der Waals surface area (Å²) in [4.78, 5) is 0. The maximum absolute atomic E-state index is 5.55. The van der Waals surface area contributed by atoms with Crippen LogP contribution in [0.4, 0.5) is 0 Å². The van der Waals surface area contributed by atoms with Crippen LogP contribution in [-0.4, -0.2) is 10.0 Å². The van der Waals surface area contributed by atoms with Gasteiger partial charge in [-0.15, -0.1) is 6.42 Å². The number of terminal acetylenes is 1. The first-order valence-corrected chi connectivity index (χ1v) is 6.79. The summed E-state index contributed by atoms with van der Waals surface area (Å²) < 4.78 is 0. The third-order valence-electron chi connectivity index (χ3n) is 2.57. The second-order valence-corrected chi connectivity index (χ2v) is 6.30. The number of benzene rings is 1. The second kappa shape index (κ2) is 4.97. The molecule has 0 aliphatic heterocycles. The normalized spacial score (nSPS) is 10.1. The predicted octanol–water partition coefficient (Wildman–Crippen LogP) is 3.37. The fourth-order valence-corrected chi connectivity index (χ4v) is 2.80. The van der Waals surface area contributed by atoms with E-state index in [9.17, 15) is 0 Å². The van der Waals surface area contributed by atoms with Gasteiger partial charge in [-0.3, -0.25) is 0 Å². The molecule has 0 aliphatic carbocycles. The van der Waals surface area contributed by atoms with Crippen molar-refractivity contribution < 1.29 is 0 Å². The van der Waals surface area contributed by atoms with Crippen LogP contribution in [-0.2, 0) is 5.75 Å². The van der Waals surface area contributed by atoms with Gasteiger partial charge in [0.05, 0.1) is 0 Å². The third kappa shape index (κ3) is 2.51. The van der Waals surface area contributed by atoms with Crippen LogP contribution >= 0.6 is 9.21 Å². The van der Waals surface area contributed by atoms with Crippen molar-refractivity contribution in [2.24, 2.45) is 0 Å². The van der Waals surface area contributed by atoms with Crippen LogP contribution in [0.5, 0.6) is 0 Å². The number of hydrogen-bond acceptors (Lipinski definition) is 0. The van der Waals surface area contributed by atoms with E-state index in [1.165, 1.54) is 16.7 Å². The largest absolute Gasteiger partial charge is 0.108 e. The van der Waals surface area contributed by atoms with Crippen molar-refractivity contribution in [1.82, 2.24) is 0 Å². The van der Waals surface area contributed by atoms with Crippen molar-refractivity contribution in [3.8, 4) is 11.7 Å². The average molecular weight is 228 g/mol. The molecule has 0 radical (unpaired) electrons. The van der Waals surface area contributed by atoms with Crippen LogP contribution < -0.4 is 0 Å². The molecule has 0 saturated carbocycles. The minimum absolute atomic E-state index is 0.740. The monoisotopic (exact) mass is 228 g/mol. The summed E-state index contributed by atoms with van der Waals surface area (Å²) in [5, 5.41) is 8.61. The van der Waals surface area contributed by atoms with Crippen molar-refractivity contribution in [2.45, 2.75) is 19.6 Å². The molecule has 0 nitrogen and oxygen atoms in total. The second-order valence-electron chi connectivity index (χ2n) is 3.72. The Morgan fingerprint density at radius 1 is 1.25 bits per heavy atom. The van der Waals surface area contributed by atoms with Crippen LogP contribution in [0.25, 0.3) is 0 Å². The van der Waals surface area contributed by atoms with Crippen molar-refractivity contribution in [1.29, 1.82) is 0 Å². The lowest BCUT2D eigenvalue weighted by Crippen LogP contribution is -1.91. The molecule has 0 N–H and O–H groups in total. The van der Waals surface area contributed by atoms with E-state index < -0.39 is 9.21 Å². The Morgan fingerprint density at radius 2 is 1.88 bits per heavy atom. The number of hydrogen-bond donors (Lipinski definition) is 0. The zero-order chi connectivity index (χ0) is 12.2. The van der Waals surface area contributed by atoms with E-state index in [2.05, 4.69) is 60.5 Å². The van der Waals surface area contributed by atoms with Gasteiger partial charge in [-0.05, 0) is 43.4 Å². The molecule has 1 aromatic carbocycles. The van der Waals surface area contributed by atoms with Crippen LogP contribution in [0.2, 0.25) is 0 Å². The fourth-order valence-electron chi connectivity index (χ4n) is 1.47. The van der Waals surface area contributed by atoms with Gasteiger partial charge >= 0.3 is 0 Å². The molecular formula is C15H16S. The van der Waals surface area contributed by atoms with E-state index >= 15 is 0 Å². The van der Waals surface area contributed by atoms with Crippen LogP contribution in [0, 0.1) is 25.5 Å². The van der Waals surface area contributed by atoms with Crippen molar-refractivity contribution in [2.75, 3.05) is 0 Å². The summed E-state index contributed by atoms with van der Waals surface area (Å²) in [5.74, 6) is 0.740.